The van der Waals surface area contributed by atoms with Gasteiger partial charge in [-0.15, -0.1) is 0 Å². The van der Waals surface area contributed by atoms with Crippen LogP contribution in [0.5, 0.6) is 0 Å². The Kier molecular flexibility index (Phi) is 4.56. The highest BCUT2D eigenvalue weighted by Crippen LogP contribution is 2.18. The van der Waals surface area contributed by atoms with Crippen LogP contribution >= 0.6 is 0 Å². The number of hydrogen-bond donors (Lipinski definition) is 1. The van der Waals surface area contributed by atoms with Gasteiger partial charge in [-0.1, -0.05) is 12.1 Å². The summed E-state index contributed by atoms with van der Waals surface area (Å²) in [7, 11) is 0. The van der Waals surface area contributed by atoms with Gasteiger partial charge >= 0.3 is 0 Å². The third-order valence-corrected chi connectivity index (χ3v) is 3.83. The Hall–Kier alpha value is -3.09. The van der Waals surface area contributed by atoms with E-state index in [0.29, 0.717) is 11.8 Å². The number of nitrogens with zero attached hydrogens (tertiary/aromatic N) is 1. The van der Waals surface area contributed by atoms with E-state index in [-0.39, 0.29) is 36.8 Å². The van der Waals surface area contributed by atoms with Crippen LogP contribution in [-0.4, -0.2) is 22.6 Å². The average Bonchev–Trinajstić information content (AvgIpc) is 2.87. The highest BCUT2D eigenvalue weighted by atomic mass is 19.1. The van der Waals surface area contributed by atoms with E-state index in [1.807, 2.05) is 0 Å². The molecule has 1 heterocycles. The van der Waals surface area contributed by atoms with E-state index in [9.17, 15) is 23.2 Å². The van der Waals surface area contributed by atoms with Crippen molar-refractivity contribution in [1.82, 2.24) is 4.90 Å². The number of amides is 3. The number of imide groups is 1. The van der Waals surface area contributed by atoms with E-state index >= 15 is 0 Å². The number of hydrogen-bond acceptors (Lipinski definition) is 3. The Bertz CT molecular complexity index is 814. The zero-order valence-corrected chi connectivity index (χ0v) is 13.1. The van der Waals surface area contributed by atoms with Gasteiger partial charge < -0.3 is 5.32 Å². The van der Waals surface area contributed by atoms with Gasteiger partial charge in [0.15, 0.2) is 0 Å². The Labute approximate surface area is 142 Å². The second-order valence-corrected chi connectivity index (χ2v) is 5.68. The number of likely N-dealkylation sites (tertiary alicyclic amines) is 1. The number of carbonyl (C=O) groups is 3. The Morgan fingerprint density at radius 1 is 0.960 bits per heavy atom. The monoisotopic (exact) mass is 344 g/mol. The zero-order valence-electron chi connectivity index (χ0n) is 13.1. The molecule has 2 aromatic carbocycles. The van der Waals surface area contributed by atoms with Crippen molar-refractivity contribution < 1.29 is 23.2 Å². The van der Waals surface area contributed by atoms with Crippen molar-refractivity contribution in [3.05, 3.63) is 65.2 Å². The molecule has 1 aliphatic heterocycles. The van der Waals surface area contributed by atoms with Gasteiger partial charge in [-0.25, -0.2) is 8.78 Å². The van der Waals surface area contributed by atoms with Gasteiger partial charge in [0.2, 0.25) is 11.8 Å². The first-order valence-electron chi connectivity index (χ1n) is 7.62. The maximum absolute atomic E-state index is 13.2. The van der Waals surface area contributed by atoms with Crippen LogP contribution in [0.25, 0.3) is 0 Å². The fourth-order valence-corrected chi connectivity index (χ4v) is 2.56. The molecule has 1 N–H and O–H groups in total. The van der Waals surface area contributed by atoms with Gasteiger partial charge in [0.1, 0.15) is 11.6 Å². The zero-order chi connectivity index (χ0) is 18.0. The molecule has 1 fully saturated rings. The molecule has 1 aliphatic rings. The van der Waals surface area contributed by atoms with Crippen molar-refractivity contribution in [2.24, 2.45) is 0 Å². The second-order valence-electron chi connectivity index (χ2n) is 5.68. The third-order valence-electron chi connectivity index (χ3n) is 3.83. The van der Waals surface area contributed by atoms with Crippen molar-refractivity contribution >= 4 is 23.4 Å². The quantitative estimate of drug-likeness (QED) is 0.868. The minimum Gasteiger partial charge on any atom is -0.322 e. The van der Waals surface area contributed by atoms with Gasteiger partial charge in [0.25, 0.3) is 5.91 Å². The lowest BCUT2D eigenvalue weighted by molar-refractivity contribution is -0.139. The molecule has 0 aromatic heterocycles. The molecule has 3 rings (SSSR count). The van der Waals surface area contributed by atoms with E-state index in [2.05, 4.69) is 5.32 Å². The largest absolute Gasteiger partial charge is 0.322 e. The number of rotatable bonds is 4. The van der Waals surface area contributed by atoms with E-state index < -0.39 is 17.5 Å². The van der Waals surface area contributed by atoms with Gasteiger partial charge in [-0.3, -0.25) is 19.3 Å². The number of nitrogens with one attached hydrogen (secondary N) is 1. The van der Waals surface area contributed by atoms with Crippen LogP contribution in [0.1, 0.15) is 28.8 Å². The summed E-state index contributed by atoms with van der Waals surface area (Å²) in [6.45, 7) is 0.182. The number of benzene rings is 2. The molecule has 3 amide bonds. The SMILES string of the molecule is O=C(Nc1ccc(CN2C(=O)CCC2=O)cc1)c1cc(F)cc(F)c1. The highest BCUT2D eigenvalue weighted by Gasteiger charge is 2.28. The molecule has 0 unspecified atom stereocenters. The van der Waals surface area contributed by atoms with Crippen molar-refractivity contribution in [1.29, 1.82) is 0 Å². The summed E-state index contributed by atoms with van der Waals surface area (Å²) < 4.78 is 26.3. The maximum atomic E-state index is 13.2. The summed E-state index contributed by atoms with van der Waals surface area (Å²) >= 11 is 0. The predicted molar refractivity (Wildman–Crippen MR) is 85.5 cm³/mol. The van der Waals surface area contributed by atoms with Crippen LogP contribution in [0.3, 0.4) is 0 Å². The van der Waals surface area contributed by atoms with Crippen LogP contribution in [0.2, 0.25) is 0 Å². The molecule has 0 radical (unpaired) electrons. The van der Waals surface area contributed by atoms with Crippen LogP contribution < -0.4 is 5.32 Å². The topological polar surface area (TPSA) is 66.5 Å². The Morgan fingerprint density at radius 2 is 1.52 bits per heavy atom. The van der Waals surface area contributed by atoms with Crippen molar-refractivity contribution in [2.75, 3.05) is 5.32 Å². The molecule has 2 aromatic rings. The van der Waals surface area contributed by atoms with E-state index in [1.165, 1.54) is 4.90 Å². The van der Waals surface area contributed by atoms with Crippen LogP contribution in [0.4, 0.5) is 14.5 Å². The lowest BCUT2D eigenvalue weighted by atomic mass is 10.1. The number of halogens is 2. The van der Waals surface area contributed by atoms with Gasteiger partial charge in [-0.2, -0.15) is 0 Å². The minimum absolute atomic E-state index is 0.130. The fraction of sp³-hybridized carbons (Fsp3) is 0.167. The summed E-state index contributed by atoms with van der Waals surface area (Å²) in [6, 6.07) is 9.09. The van der Waals surface area contributed by atoms with Crippen molar-refractivity contribution in [2.45, 2.75) is 19.4 Å². The van der Waals surface area contributed by atoms with E-state index in [1.54, 1.807) is 24.3 Å². The molecule has 0 atom stereocenters. The summed E-state index contributed by atoms with van der Waals surface area (Å²) in [5.74, 6) is -2.71. The Morgan fingerprint density at radius 3 is 2.08 bits per heavy atom. The van der Waals surface area contributed by atoms with Gasteiger partial charge in [0.05, 0.1) is 6.54 Å². The normalized spacial score (nSPS) is 14.1. The lowest BCUT2D eigenvalue weighted by Gasteiger charge is -2.14. The highest BCUT2D eigenvalue weighted by molar-refractivity contribution is 6.04. The summed E-state index contributed by atoms with van der Waals surface area (Å²) in [6.07, 6.45) is 0.467. The van der Waals surface area contributed by atoms with Crippen molar-refractivity contribution in [3.8, 4) is 0 Å². The molecule has 0 bridgehead atoms. The summed E-state index contributed by atoms with van der Waals surface area (Å²) in [4.78, 5) is 36.4. The lowest BCUT2D eigenvalue weighted by Crippen LogP contribution is -2.28. The molecule has 25 heavy (non-hydrogen) atoms. The molecule has 0 aliphatic carbocycles. The maximum Gasteiger partial charge on any atom is 0.255 e. The molecule has 5 nitrogen and oxygen atoms in total. The number of anilines is 1. The van der Waals surface area contributed by atoms with Gasteiger partial charge in [-0.05, 0) is 29.8 Å². The fourth-order valence-electron chi connectivity index (χ4n) is 2.56. The van der Waals surface area contributed by atoms with Gasteiger partial charge in [0, 0.05) is 30.2 Å². The van der Waals surface area contributed by atoms with Crippen LogP contribution in [0, 0.1) is 11.6 Å². The second kappa shape index (κ2) is 6.80. The van der Waals surface area contributed by atoms with Crippen LogP contribution in [0.15, 0.2) is 42.5 Å². The third kappa shape index (κ3) is 3.88. The first-order chi connectivity index (χ1) is 11.9. The molecular formula is C18H14F2N2O3. The van der Waals surface area contributed by atoms with E-state index in [0.717, 1.165) is 17.7 Å². The smallest absolute Gasteiger partial charge is 0.255 e. The first-order valence-corrected chi connectivity index (χ1v) is 7.62. The average molecular weight is 344 g/mol. The first kappa shape index (κ1) is 16.8. The molecule has 7 heteroatoms. The van der Waals surface area contributed by atoms with Crippen molar-refractivity contribution in [3.63, 3.8) is 0 Å². The summed E-state index contributed by atoms with van der Waals surface area (Å²) in [5, 5.41) is 2.53. The molecular weight excluding hydrogens is 330 g/mol. The molecule has 0 saturated carbocycles. The summed E-state index contributed by atoms with van der Waals surface area (Å²) in [5.41, 5.74) is 1.03. The Balaban J connectivity index is 1.67. The van der Waals surface area contributed by atoms with Crippen LogP contribution in [-0.2, 0) is 16.1 Å². The standard InChI is InChI=1S/C18H14F2N2O3/c19-13-7-12(8-14(20)9-13)18(25)21-15-3-1-11(2-4-15)10-22-16(23)5-6-17(22)24/h1-4,7-9H,5-6,10H2,(H,21,25). The molecule has 128 valence electrons. The molecule has 0 spiro atoms. The minimum atomic E-state index is -0.833. The molecule has 1 saturated heterocycles. The number of carbonyl (C=O) groups excluding carboxylic acids is 3. The predicted octanol–water partition coefficient (Wildman–Crippen LogP) is 2.87. The van der Waals surface area contributed by atoms with E-state index in [4.69, 9.17) is 0 Å².